The van der Waals surface area contributed by atoms with Crippen LogP contribution in [0.25, 0.3) is 15.4 Å². The topological polar surface area (TPSA) is 202 Å². The quantitative estimate of drug-likeness (QED) is 0.0609. The molecule has 16 nitrogen and oxygen atoms in total. The number of halogens is 1. The molecule has 3 aromatic carbocycles. The molecule has 368 valence electrons. The highest BCUT2D eigenvalue weighted by Crippen LogP contribution is 2.43. The van der Waals surface area contributed by atoms with Crippen molar-refractivity contribution in [3.63, 3.8) is 0 Å². The summed E-state index contributed by atoms with van der Waals surface area (Å²) in [6, 6.07) is 20.0. The third-order valence-electron chi connectivity index (χ3n) is 12.6. The third-order valence-corrected chi connectivity index (χ3v) is 15.0. The lowest BCUT2D eigenvalue weighted by Crippen LogP contribution is -2.58. The zero-order chi connectivity index (χ0) is 49.9. The van der Waals surface area contributed by atoms with Gasteiger partial charge >= 0.3 is 0 Å². The smallest absolute Gasteiger partial charge is 0.246 e. The highest BCUT2D eigenvalue weighted by Gasteiger charge is 2.44. The number of benzene rings is 3. The van der Waals surface area contributed by atoms with Gasteiger partial charge in [-0.25, -0.2) is 4.98 Å². The number of thiazole rings is 1. The molecule has 0 bridgehead atoms. The Morgan fingerprint density at radius 3 is 2.44 bits per heavy atom. The Kier molecular flexibility index (Phi) is 15.5. The molecule has 0 aliphatic carbocycles. The van der Waals surface area contributed by atoms with Crippen LogP contribution < -0.4 is 26.0 Å². The van der Waals surface area contributed by atoms with Gasteiger partial charge in [0.25, 0.3) is 0 Å². The monoisotopic (exact) mass is 1010 g/mol. The second kappa shape index (κ2) is 21.5. The van der Waals surface area contributed by atoms with Crippen molar-refractivity contribution in [1.82, 2.24) is 40.6 Å². The lowest BCUT2D eigenvalue weighted by atomic mass is 9.85. The number of hydrogen-bond acceptors (Lipinski definition) is 13. The normalized spacial score (nSPS) is 18.1. The first-order valence-electron chi connectivity index (χ1n) is 23.1. The SMILES string of the molecule is Cc1ncsc1-c1ccc(CNC(=O)[C@@H]2C[C@@H](O)CN2C(=O)[C@@H](NC(=O)COCCOc2cccc(NC(=O)C[C@@H]3NC(c4ccc(Cl)cc4)c4c(sc(C)c4C)-n4c(C)nnc43)c2)C(C)(C)C)cc1. The number of likely N-dealkylation sites (tertiary alicyclic amines) is 1. The van der Waals surface area contributed by atoms with Gasteiger partial charge in [-0.05, 0) is 79.6 Å². The van der Waals surface area contributed by atoms with E-state index < -0.39 is 41.5 Å². The second-order valence-corrected chi connectivity index (χ2v) is 21.3. The fourth-order valence-corrected chi connectivity index (χ4v) is 11.0. The first-order chi connectivity index (χ1) is 33.4. The van der Waals surface area contributed by atoms with Crippen molar-refractivity contribution in [2.45, 2.75) is 98.1 Å². The lowest BCUT2D eigenvalue weighted by molar-refractivity contribution is -0.144. The lowest BCUT2D eigenvalue weighted by Gasteiger charge is -2.35. The molecular weight excluding hydrogens is 950 g/mol. The minimum Gasteiger partial charge on any atom is -0.491 e. The summed E-state index contributed by atoms with van der Waals surface area (Å²) in [6.45, 7) is 13.6. The molecule has 0 spiro atoms. The third kappa shape index (κ3) is 11.4. The molecule has 1 fully saturated rings. The van der Waals surface area contributed by atoms with Crippen LogP contribution in [0.4, 0.5) is 5.69 Å². The van der Waals surface area contributed by atoms with Crippen molar-refractivity contribution < 1.29 is 33.8 Å². The molecule has 5 N–H and O–H groups in total. The van der Waals surface area contributed by atoms with Crippen LogP contribution in [0.1, 0.15) is 90.2 Å². The van der Waals surface area contributed by atoms with E-state index in [1.54, 1.807) is 46.9 Å². The van der Waals surface area contributed by atoms with Gasteiger partial charge in [-0.1, -0.05) is 74.8 Å². The molecule has 5 atom stereocenters. The Hall–Kier alpha value is -6.02. The number of β-amino-alcohol motifs (C(OH)–C–C–N with tert-alkyl or cyclic N) is 1. The van der Waals surface area contributed by atoms with Crippen molar-refractivity contribution in [3.8, 4) is 21.2 Å². The predicted octanol–water partition coefficient (Wildman–Crippen LogP) is 7.31. The zero-order valence-electron chi connectivity index (χ0n) is 40.2. The first kappa shape index (κ1) is 50.4. The standard InChI is InChI=1S/C51H58ClN9O7S2/c1-28-30(3)70-50-43(28)44(33-15-17-35(52)18-16-33)56-39(47-59-58-31(4)61(47)50)23-41(63)55-36-9-8-10-38(21-36)68-20-19-67-26-42(64)57-46(51(5,6)7)49(66)60-25-37(62)22-40(60)48(65)53-24-32-11-13-34(14-12-32)45-29(2)54-27-69-45/h8-18,21,27,37,39-40,44,46,56,62H,19-20,22-26H2,1-7H3,(H,53,65)(H,55,63)(H,57,64)/t37-,39+,40+,44?,46-/m1/s1. The average molecular weight is 1010 g/mol. The molecule has 8 rings (SSSR count). The molecule has 19 heteroatoms. The summed E-state index contributed by atoms with van der Waals surface area (Å²) in [6.07, 6.45) is -0.747. The Morgan fingerprint density at radius 2 is 1.73 bits per heavy atom. The van der Waals surface area contributed by atoms with Gasteiger partial charge in [0.15, 0.2) is 5.82 Å². The minimum atomic E-state index is -1.01. The van der Waals surface area contributed by atoms with E-state index in [0.29, 0.717) is 22.3 Å². The molecular formula is C51H58ClN9O7S2. The maximum Gasteiger partial charge on any atom is 0.246 e. The number of aryl methyl sites for hydroxylation is 3. The van der Waals surface area contributed by atoms with Crippen molar-refractivity contribution in [1.29, 1.82) is 0 Å². The summed E-state index contributed by atoms with van der Waals surface area (Å²) < 4.78 is 13.6. The number of carbonyl (C=O) groups excluding carboxylic acids is 4. The number of fused-ring (bicyclic) bond motifs is 3. The van der Waals surface area contributed by atoms with Gasteiger partial charge in [-0.2, -0.15) is 0 Å². The number of hydrogen-bond donors (Lipinski definition) is 5. The summed E-state index contributed by atoms with van der Waals surface area (Å²) in [7, 11) is 0. The molecule has 0 saturated carbocycles. The van der Waals surface area contributed by atoms with Crippen LogP contribution in [0.3, 0.4) is 0 Å². The first-order valence-corrected chi connectivity index (χ1v) is 25.2. The largest absolute Gasteiger partial charge is 0.491 e. The maximum absolute atomic E-state index is 14.1. The molecule has 5 heterocycles. The van der Waals surface area contributed by atoms with Crippen molar-refractivity contribution in [3.05, 3.63) is 128 Å². The van der Waals surface area contributed by atoms with Crippen LogP contribution in [0.15, 0.2) is 78.3 Å². The van der Waals surface area contributed by atoms with E-state index in [1.807, 2.05) is 88.7 Å². The zero-order valence-corrected chi connectivity index (χ0v) is 42.6. The van der Waals surface area contributed by atoms with Gasteiger partial charge in [-0.15, -0.1) is 32.9 Å². The summed E-state index contributed by atoms with van der Waals surface area (Å²) >= 11 is 9.53. The average Bonchev–Trinajstić information content (AvgIpc) is 4.09. The minimum absolute atomic E-state index is 0.0377. The predicted molar refractivity (Wildman–Crippen MR) is 270 cm³/mol. The van der Waals surface area contributed by atoms with Gasteiger partial charge < -0.3 is 35.4 Å². The number of aliphatic hydroxyl groups excluding tert-OH is 1. The summed E-state index contributed by atoms with van der Waals surface area (Å²) in [5, 5.41) is 33.7. The molecule has 1 saturated heterocycles. The van der Waals surface area contributed by atoms with Crippen LogP contribution in [0.5, 0.6) is 5.75 Å². The summed E-state index contributed by atoms with van der Waals surface area (Å²) in [5.74, 6) is 0.246. The molecule has 2 aliphatic rings. The van der Waals surface area contributed by atoms with Crippen molar-refractivity contribution in [2.24, 2.45) is 5.41 Å². The highest BCUT2D eigenvalue weighted by atomic mass is 35.5. The molecule has 1 unspecified atom stereocenters. The van der Waals surface area contributed by atoms with Crippen LogP contribution >= 0.6 is 34.3 Å². The Balaban J connectivity index is 0.817. The number of carbonyl (C=O) groups is 4. The number of nitrogens with one attached hydrogen (secondary N) is 4. The maximum atomic E-state index is 14.1. The van der Waals surface area contributed by atoms with Crippen LogP contribution in [-0.4, -0.2) is 97.9 Å². The van der Waals surface area contributed by atoms with Crippen LogP contribution in [0, 0.1) is 33.1 Å². The molecule has 70 heavy (non-hydrogen) atoms. The highest BCUT2D eigenvalue weighted by molar-refractivity contribution is 7.15. The number of rotatable bonds is 16. The van der Waals surface area contributed by atoms with E-state index in [-0.39, 0.29) is 63.6 Å². The van der Waals surface area contributed by atoms with E-state index in [1.165, 1.54) is 9.78 Å². The van der Waals surface area contributed by atoms with Gasteiger partial charge in [0.05, 0.1) is 40.9 Å². The number of thiophene rings is 1. The Labute approximate surface area is 420 Å². The van der Waals surface area contributed by atoms with E-state index in [0.717, 1.165) is 49.2 Å². The molecule has 2 aliphatic heterocycles. The van der Waals surface area contributed by atoms with Crippen LogP contribution in [-0.2, 0) is 30.5 Å². The Bertz CT molecular complexity index is 2860. The summed E-state index contributed by atoms with van der Waals surface area (Å²) in [5.41, 5.74) is 7.78. The van der Waals surface area contributed by atoms with Crippen LogP contribution in [0.2, 0.25) is 5.02 Å². The van der Waals surface area contributed by atoms with Gasteiger partial charge in [-0.3, -0.25) is 29.1 Å². The number of anilines is 1. The number of amides is 4. The molecule has 0 radical (unpaired) electrons. The molecule has 3 aromatic heterocycles. The number of nitrogens with zero attached hydrogens (tertiary/aromatic N) is 5. The van der Waals surface area contributed by atoms with Gasteiger partial charge in [0.2, 0.25) is 23.6 Å². The molecule has 6 aromatic rings. The van der Waals surface area contributed by atoms with Crippen molar-refractivity contribution in [2.75, 3.05) is 31.7 Å². The van der Waals surface area contributed by atoms with Crippen molar-refractivity contribution >= 4 is 63.6 Å². The number of aromatic nitrogens is 4. The van der Waals surface area contributed by atoms with E-state index in [4.69, 9.17) is 21.1 Å². The fourth-order valence-electron chi connectivity index (χ4n) is 8.84. The van der Waals surface area contributed by atoms with E-state index >= 15 is 0 Å². The van der Waals surface area contributed by atoms with E-state index in [2.05, 4.69) is 54.9 Å². The fraction of sp³-hybridized carbons (Fsp3) is 0.392. The number of ether oxygens (including phenoxy) is 2. The Morgan fingerprint density at radius 1 is 0.971 bits per heavy atom. The summed E-state index contributed by atoms with van der Waals surface area (Å²) in [4.78, 5) is 62.5. The van der Waals surface area contributed by atoms with Gasteiger partial charge in [0, 0.05) is 53.1 Å². The number of aliphatic hydroxyl groups is 1. The molecule has 4 amide bonds. The van der Waals surface area contributed by atoms with Gasteiger partial charge in [0.1, 0.15) is 41.9 Å². The second-order valence-electron chi connectivity index (χ2n) is 18.8. The van der Waals surface area contributed by atoms with E-state index in [9.17, 15) is 24.3 Å².